The average Bonchev–Trinajstić information content (AvgIpc) is 2.78. The first-order chi connectivity index (χ1) is 8.69. The molecule has 2 heterocycles. The van der Waals surface area contributed by atoms with Crippen molar-refractivity contribution in [1.29, 1.82) is 0 Å². The number of likely N-dealkylation sites (N-methyl/N-ethyl adjacent to an activating group) is 1. The minimum atomic E-state index is -0.00121. The molecule has 1 aliphatic heterocycles. The van der Waals surface area contributed by atoms with E-state index in [4.69, 9.17) is 10.5 Å². The quantitative estimate of drug-likeness (QED) is 0.823. The van der Waals surface area contributed by atoms with E-state index in [1.807, 2.05) is 10.9 Å². The van der Waals surface area contributed by atoms with Crippen molar-refractivity contribution in [2.45, 2.75) is 38.5 Å². The molecule has 2 N–H and O–H groups in total. The van der Waals surface area contributed by atoms with Crippen LogP contribution in [0.3, 0.4) is 0 Å². The Morgan fingerprint density at radius 1 is 1.61 bits per heavy atom. The van der Waals surface area contributed by atoms with E-state index in [-0.39, 0.29) is 12.1 Å². The van der Waals surface area contributed by atoms with Crippen molar-refractivity contribution < 1.29 is 4.74 Å². The SMILES string of the molecule is CCCC(N)c1cn(CC2CN(C)CCO2)nn1. The average molecular weight is 253 g/mol. The number of morpholine rings is 1. The van der Waals surface area contributed by atoms with Gasteiger partial charge in [0.25, 0.3) is 0 Å². The summed E-state index contributed by atoms with van der Waals surface area (Å²) in [5.41, 5.74) is 6.89. The van der Waals surface area contributed by atoms with Crippen LogP contribution in [0.2, 0.25) is 0 Å². The van der Waals surface area contributed by atoms with Gasteiger partial charge in [0.15, 0.2) is 0 Å². The summed E-state index contributed by atoms with van der Waals surface area (Å²) in [7, 11) is 2.11. The third kappa shape index (κ3) is 3.51. The highest BCUT2D eigenvalue weighted by atomic mass is 16.5. The van der Waals surface area contributed by atoms with Crippen LogP contribution in [0.25, 0.3) is 0 Å². The number of aromatic nitrogens is 3. The predicted octanol–water partition coefficient (Wildman–Crippen LogP) is 0.409. The number of nitrogens with two attached hydrogens (primary N) is 1. The van der Waals surface area contributed by atoms with E-state index in [0.717, 1.165) is 44.8 Å². The van der Waals surface area contributed by atoms with Gasteiger partial charge in [-0.15, -0.1) is 5.10 Å². The summed E-state index contributed by atoms with van der Waals surface area (Å²) in [4.78, 5) is 2.27. The second kappa shape index (κ2) is 6.26. The summed E-state index contributed by atoms with van der Waals surface area (Å²) < 4.78 is 7.55. The van der Waals surface area contributed by atoms with Gasteiger partial charge >= 0.3 is 0 Å². The molecule has 0 spiro atoms. The molecular weight excluding hydrogens is 230 g/mol. The number of hydrogen-bond acceptors (Lipinski definition) is 5. The molecule has 6 nitrogen and oxygen atoms in total. The summed E-state index contributed by atoms with van der Waals surface area (Å²) in [5, 5.41) is 8.26. The van der Waals surface area contributed by atoms with Crippen LogP contribution in [0.1, 0.15) is 31.5 Å². The lowest BCUT2D eigenvalue weighted by Crippen LogP contribution is -2.42. The summed E-state index contributed by atoms with van der Waals surface area (Å²) in [6, 6.07) is -0.00121. The summed E-state index contributed by atoms with van der Waals surface area (Å²) in [6.07, 6.45) is 4.14. The molecule has 1 aromatic heterocycles. The zero-order valence-corrected chi connectivity index (χ0v) is 11.2. The Morgan fingerprint density at radius 2 is 2.44 bits per heavy atom. The van der Waals surface area contributed by atoms with Gasteiger partial charge in [-0.3, -0.25) is 0 Å². The fraction of sp³-hybridized carbons (Fsp3) is 0.833. The Labute approximate surface area is 108 Å². The van der Waals surface area contributed by atoms with E-state index in [1.54, 1.807) is 0 Å². The molecule has 1 fully saturated rings. The molecule has 1 aromatic rings. The van der Waals surface area contributed by atoms with Crippen molar-refractivity contribution in [2.24, 2.45) is 5.73 Å². The van der Waals surface area contributed by atoms with E-state index < -0.39 is 0 Å². The predicted molar refractivity (Wildman–Crippen MR) is 69.1 cm³/mol. The first kappa shape index (κ1) is 13.5. The molecule has 0 aliphatic carbocycles. The van der Waals surface area contributed by atoms with Gasteiger partial charge in [-0.1, -0.05) is 18.6 Å². The fourth-order valence-electron chi connectivity index (χ4n) is 2.22. The second-order valence-corrected chi connectivity index (χ2v) is 5.02. The molecule has 0 saturated carbocycles. The maximum Gasteiger partial charge on any atom is 0.0994 e. The van der Waals surface area contributed by atoms with Crippen LogP contribution in [0.15, 0.2) is 6.20 Å². The Kier molecular flexibility index (Phi) is 4.68. The highest BCUT2D eigenvalue weighted by Gasteiger charge is 2.19. The number of rotatable bonds is 5. The van der Waals surface area contributed by atoms with Crippen molar-refractivity contribution in [1.82, 2.24) is 19.9 Å². The van der Waals surface area contributed by atoms with Crippen molar-refractivity contribution in [3.63, 3.8) is 0 Å². The molecule has 102 valence electrons. The lowest BCUT2D eigenvalue weighted by atomic mass is 10.1. The van der Waals surface area contributed by atoms with Crippen molar-refractivity contribution >= 4 is 0 Å². The van der Waals surface area contributed by atoms with E-state index in [2.05, 4.69) is 29.2 Å². The maximum absolute atomic E-state index is 6.02. The number of ether oxygens (including phenoxy) is 1. The lowest BCUT2D eigenvalue weighted by Gasteiger charge is -2.29. The van der Waals surface area contributed by atoms with Crippen molar-refractivity contribution in [3.05, 3.63) is 11.9 Å². The van der Waals surface area contributed by atoms with E-state index >= 15 is 0 Å². The van der Waals surface area contributed by atoms with Gasteiger partial charge in [-0.25, -0.2) is 4.68 Å². The molecule has 2 unspecified atom stereocenters. The zero-order valence-electron chi connectivity index (χ0n) is 11.2. The molecule has 1 aliphatic rings. The van der Waals surface area contributed by atoms with E-state index in [9.17, 15) is 0 Å². The van der Waals surface area contributed by atoms with E-state index in [1.165, 1.54) is 0 Å². The second-order valence-electron chi connectivity index (χ2n) is 5.02. The molecule has 0 bridgehead atoms. The third-order valence-electron chi connectivity index (χ3n) is 3.27. The maximum atomic E-state index is 6.02. The van der Waals surface area contributed by atoms with Gasteiger partial charge < -0.3 is 15.4 Å². The number of nitrogens with zero attached hydrogens (tertiary/aromatic N) is 4. The molecular formula is C12H23N5O. The Balaban J connectivity index is 1.89. The molecule has 18 heavy (non-hydrogen) atoms. The molecule has 0 aromatic carbocycles. The van der Waals surface area contributed by atoms with Gasteiger partial charge in [-0.2, -0.15) is 0 Å². The lowest BCUT2D eigenvalue weighted by molar-refractivity contribution is -0.0292. The van der Waals surface area contributed by atoms with Crippen LogP contribution in [-0.4, -0.2) is 52.7 Å². The van der Waals surface area contributed by atoms with Crippen LogP contribution >= 0.6 is 0 Å². The normalized spacial score (nSPS) is 23.2. The Hall–Kier alpha value is -0.980. The number of hydrogen-bond donors (Lipinski definition) is 1. The molecule has 0 radical (unpaired) electrons. The molecule has 2 atom stereocenters. The smallest absolute Gasteiger partial charge is 0.0994 e. The minimum absolute atomic E-state index is 0.00121. The van der Waals surface area contributed by atoms with Crippen LogP contribution in [0.5, 0.6) is 0 Å². The van der Waals surface area contributed by atoms with E-state index in [0.29, 0.717) is 0 Å². The molecule has 2 rings (SSSR count). The first-order valence-electron chi connectivity index (χ1n) is 6.64. The highest BCUT2D eigenvalue weighted by molar-refractivity contribution is 4.99. The monoisotopic (exact) mass is 253 g/mol. The van der Waals surface area contributed by atoms with Crippen LogP contribution in [0.4, 0.5) is 0 Å². The van der Waals surface area contributed by atoms with Crippen LogP contribution < -0.4 is 5.73 Å². The third-order valence-corrected chi connectivity index (χ3v) is 3.27. The van der Waals surface area contributed by atoms with Crippen LogP contribution in [-0.2, 0) is 11.3 Å². The summed E-state index contributed by atoms with van der Waals surface area (Å²) in [5.74, 6) is 0. The summed E-state index contributed by atoms with van der Waals surface area (Å²) in [6.45, 7) is 5.60. The molecule has 0 amide bonds. The zero-order chi connectivity index (χ0) is 13.0. The van der Waals surface area contributed by atoms with Gasteiger partial charge in [0.05, 0.1) is 37.2 Å². The first-order valence-corrected chi connectivity index (χ1v) is 6.64. The molecule has 1 saturated heterocycles. The van der Waals surface area contributed by atoms with Gasteiger partial charge in [0.1, 0.15) is 0 Å². The highest BCUT2D eigenvalue weighted by Crippen LogP contribution is 2.13. The molecule has 6 heteroatoms. The summed E-state index contributed by atoms with van der Waals surface area (Å²) >= 11 is 0. The standard InChI is InChI=1S/C12H23N5O/c1-3-4-11(13)12-9-17(15-14-12)8-10-7-16(2)5-6-18-10/h9-11H,3-8,13H2,1-2H3. The topological polar surface area (TPSA) is 69.2 Å². The minimum Gasteiger partial charge on any atom is -0.374 e. The van der Waals surface area contributed by atoms with Crippen molar-refractivity contribution in [3.8, 4) is 0 Å². The van der Waals surface area contributed by atoms with Gasteiger partial charge in [-0.05, 0) is 13.5 Å². The van der Waals surface area contributed by atoms with Crippen molar-refractivity contribution in [2.75, 3.05) is 26.7 Å². The fourth-order valence-corrected chi connectivity index (χ4v) is 2.22. The largest absolute Gasteiger partial charge is 0.374 e. The van der Waals surface area contributed by atoms with Gasteiger partial charge in [0, 0.05) is 13.1 Å². The Bertz CT molecular complexity index is 367. The van der Waals surface area contributed by atoms with Gasteiger partial charge in [0.2, 0.25) is 0 Å². The van der Waals surface area contributed by atoms with Crippen LogP contribution in [0, 0.1) is 0 Å². The Morgan fingerprint density at radius 3 is 3.17 bits per heavy atom.